The lowest BCUT2D eigenvalue weighted by Crippen LogP contribution is -2.34. The van der Waals surface area contributed by atoms with Crippen LogP contribution in [0.4, 0.5) is 0 Å². The third-order valence-corrected chi connectivity index (χ3v) is 4.85. The van der Waals surface area contributed by atoms with Crippen LogP contribution in [0.15, 0.2) is 12.0 Å². The summed E-state index contributed by atoms with van der Waals surface area (Å²) in [4.78, 5) is 10.4. The molecule has 2 fully saturated rings. The van der Waals surface area contributed by atoms with E-state index in [2.05, 4.69) is 10.6 Å². The van der Waals surface area contributed by atoms with Crippen molar-refractivity contribution in [3.63, 3.8) is 0 Å². The highest BCUT2D eigenvalue weighted by molar-refractivity contribution is 4.93. The van der Waals surface area contributed by atoms with E-state index in [0.717, 1.165) is 19.3 Å². The Labute approximate surface area is 127 Å². The molecule has 0 unspecified atom stereocenters. The monoisotopic (exact) mass is 295 g/mol. The molecular formula is C16H29N3O2. The zero-order valence-electron chi connectivity index (χ0n) is 13.0. The van der Waals surface area contributed by atoms with E-state index >= 15 is 0 Å². The fourth-order valence-electron chi connectivity index (χ4n) is 3.55. The smallest absolute Gasteiger partial charge is 0.274 e. The maximum atomic E-state index is 10.8. The Bertz CT molecular complexity index is 321. The molecule has 2 aliphatic carbocycles. The largest absolute Gasteiger partial charge is 0.366 e. The van der Waals surface area contributed by atoms with E-state index in [0.29, 0.717) is 17.7 Å². The van der Waals surface area contributed by atoms with Crippen molar-refractivity contribution in [1.82, 2.24) is 10.6 Å². The third kappa shape index (κ3) is 6.36. The van der Waals surface area contributed by atoms with Gasteiger partial charge in [-0.05, 0) is 37.5 Å². The lowest BCUT2D eigenvalue weighted by molar-refractivity contribution is -0.404. The van der Waals surface area contributed by atoms with Gasteiger partial charge in [0.1, 0.15) is 0 Å². The maximum Gasteiger partial charge on any atom is 0.274 e. The summed E-state index contributed by atoms with van der Waals surface area (Å²) in [6.07, 6.45) is 14.0. The van der Waals surface area contributed by atoms with Crippen LogP contribution in [-0.2, 0) is 0 Å². The number of hydrogen-bond acceptors (Lipinski definition) is 4. The van der Waals surface area contributed by atoms with Gasteiger partial charge in [-0.25, -0.2) is 0 Å². The van der Waals surface area contributed by atoms with Gasteiger partial charge in [-0.3, -0.25) is 10.1 Å². The standard InChI is InChI=1S/C16H29N3O2/c20-19(21)13-16(17-11-14-7-3-1-4-8-14)18-12-15-9-5-2-6-10-15/h13-15,17-18H,1-12H2. The predicted octanol–water partition coefficient (Wildman–Crippen LogP) is 3.40. The molecule has 21 heavy (non-hydrogen) atoms. The molecule has 0 heterocycles. The summed E-state index contributed by atoms with van der Waals surface area (Å²) in [7, 11) is 0. The van der Waals surface area contributed by atoms with Gasteiger partial charge in [0.05, 0.1) is 4.92 Å². The first-order valence-electron chi connectivity index (χ1n) is 8.57. The number of nitrogens with one attached hydrogen (secondary N) is 2. The van der Waals surface area contributed by atoms with Gasteiger partial charge in [0.2, 0.25) is 0 Å². The summed E-state index contributed by atoms with van der Waals surface area (Å²) in [5, 5.41) is 17.3. The van der Waals surface area contributed by atoms with E-state index in [-0.39, 0.29) is 4.92 Å². The minimum absolute atomic E-state index is 0.364. The highest BCUT2D eigenvalue weighted by Gasteiger charge is 2.16. The molecule has 0 bridgehead atoms. The van der Waals surface area contributed by atoms with E-state index < -0.39 is 0 Å². The van der Waals surface area contributed by atoms with Crippen molar-refractivity contribution in [2.45, 2.75) is 64.2 Å². The number of rotatable bonds is 7. The van der Waals surface area contributed by atoms with Gasteiger partial charge >= 0.3 is 0 Å². The van der Waals surface area contributed by atoms with Crippen molar-refractivity contribution < 1.29 is 4.92 Å². The van der Waals surface area contributed by atoms with Gasteiger partial charge in [-0.2, -0.15) is 0 Å². The van der Waals surface area contributed by atoms with Gasteiger partial charge in [-0.15, -0.1) is 0 Å². The van der Waals surface area contributed by atoms with E-state index in [1.165, 1.54) is 64.2 Å². The van der Waals surface area contributed by atoms with Crippen molar-refractivity contribution >= 4 is 0 Å². The van der Waals surface area contributed by atoms with Crippen molar-refractivity contribution in [1.29, 1.82) is 0 Å². The molecule has 0 radical (unpaired) electrons. The van der Waals surface area contributed by atoms with Crippen LogP contribution in [0.2, 0.25) is 0 Å². The van der Waals surface area contributed by atoms with E-state index in [1.807, 2.05) is 0 Å². The van der Waals surface area contributed by atoms with E-state index in [1.54, 1.807) is 0 Å². The molecule has 0 saturated heterocycles. The summed E-state index contributed by atoms with van der Waals surface area (Å²) in [5.74, 6) is 1.94. The zero-order valence-corrected chi connectivity index (χ0v) is 13.0. The predicted molar refractivity (Wildman–Crippen MR) is 84.2 cm³/mol. The molecule has 2 aliphatic rings. The minimum atomic E-state index is -0.364. The molecule has 120 valence electrons. The molecule has 0 spiro atoms. The molecular weight excluding hydrogens is 266 g/mol. The van der Waals surface area contributed by atoms with E-state index in [9.17, 15) is 10.1 Å². The first kappa shape index (κ1) is 16.1. The SMILES string of the molecule is O=[N+]([O-])C=C(NCC1CCCCC1)NCC1CCCCC1. The highest BCUT2D eigenvalue weighted by atomic mass is 16.6. The fraction of sp³-hybridized carbons (Fsp3) is 0.875. The third-order valence-electron chi connectivity index (χ3n) is 4.85. The molecule has 0 aromatic heterocycles. The van der Waals surface area contributed by atoms with Gasteiger partial charge in [0.25, 0.3) is 6.20 Å². The Kier molecular flexibility index (Phi) is 6.83. The molecule has 0 aromatic rings. The van der Waals surface area contributed by atoms with Crippen LogP contribution in [0.1, 0.15) is 64.2 Å². The first-order chi connectivity index (χ1) is 10.2. The van der Waals surface area contributed by atoms with Crippen molar-refractivity contribution in [3.05, 3.63) is 22.1 Å². The first-order valence-corrected chi connectivity index (χ1v) is 8.57. The molecule has 0 aliphatic heterocycles. The van der Waals surface area contributed by atoms with E-state index in [4.69, 9.17) is 0 Å². The molecule has 0 aromatic carbocycles. The Hall–Kier alpha value is -1.26. The van der Waals surface area contributed by atoms with Crippen LogP contribution < -0.4 is 10.6 Å². The Balaban J connectivity index is 1.75. The second-order valence-electron chi connectivity index (χ2n) is 6.60. The molecule has 2 saturated carbocycles. The fourth-order valence-corrected chi connectivity index (χ4v) is 3.55. The summed E-state index contributed by atoms with van der Waals surface area (Å²) in [5.41, 5.74) is 0. The quantitative estimate of drug-likeness (QED) is 0.558. The normalized spacial score (nSPS) is 20.8. The van der Waals surface area contributed by atoms with Gasteiger partial charge in [0, 0.05) is 13.1 Å². The van der Waals surface area contributed by atoms with Gasteiger partial charge < -0.3 is 10.6 Å². The van der Waals surface area contributed by atoms with Crippen LogP contribution in [0, 0.1) is 22.0 Å². The molecule has 0 atom stereocenters. The summed E-state index contributed by atoms with van der Waals surface area (Å²) in [6, 6.07) is 0. The Morgan fingerprint density at radius 1 is 0.905 bits per heavy atom. The van der Waals surface area contributed by atoms with Crippen LogP contribution in [0.3, 0.4) is 0 Å². The molecule has 5 nitrogen and oxygen atoms in total. The number of nitro groups is 1. The topological polar surface area (TPSA) is 67.2 Å². The highest BCUT2D eigenvalue weighted by Crippen LogP contribution is 2.24. The van der Waals surface area contributed by atoms with Crippen LogP contribution >= 0.6 is 0 Å². The summed E-state index contributed by atoms with van der Waals surface area (Å²) < 4.78 is 0. The van der Waals surface area contributed by atoms with Crippen molar-refractivity contribution in [2.24, 2.45) is 11.8 Å². The summed E-state index contributed by atoms with van der Waals surface area (Å²) >= 11 is 0. The van der Waals surface area contributed by atoms with Gasteiger partial charge in [-0.1, -0.05) is 38.5 Å². The molecule has 5 heteroatoms. The number of hydrogen-bond donors (Lipinski definition) is 2. The molecule has 2 N–H and O–H groups in total. The Morgan fingerprint density at radius 3 is 1.71 bits per heavy atom. The van der Waals surface area contributed by atoms with Crippen LogP contribution in [-0.4, -0.2) is 18.0 Å². The lowest BCUT2D eigenvalue weighted by Gasteiger charge is -2.25. The number of nitrogens with zero attached hydrogens (tertiary/aromatic N) is 1. The minimum Gasteiger partial charge on any atom is -0.366 e. The molecule has 0 amide bonds. The van der Waals surface area contributed by atoms with Crippen LogP contribution in [0.5, 0.6) is 0 Å². The zero-order chi connectivity index (χ0) is 14.9. The molecule has 2 rings (SSSR count). The van der Waals surface area contributed by atoms with Gasteiger partial charge in [0.15, 0.2) is 5.82 Å². The average Bonchev–Trinajstić information content (AvgIpc) is 2.51. The lowest BCUT2D eigenvalue weighted by atomic mass is 9.89. The van der Waals surface area contributed by atoms with Crippen molar-refractivity contribution in [2.75, 3.05) is 13.1 Å². The van der Waals surface area contributed by atoms with Crippen LogP contribution in [0.25, 0.3) is 0 Å². The van der Waals surface area contributed by atoms with Crippen molar-refractivity contribution in [3.8, 4) is 0 Å². The Morgan fingerprint density at radius 2 is 1.33 bits per heavy atom. The second kappa shape index (κ2) is 8.90. The average molecular weight is 295 g/mol. The second-order valence-corrected chi connectivity index (χ2v) is 6.60. The summed E-state index contributed by atoms with van der Waals surface area (Å²) in [6.45, 7) is 1.72. The maximum absolute atomic E-state index is 10.8.